The maximum absolute atomic E-state index is 4.62. The van der Waals surface area contributed by atoms with Crippen molar-refractivity contribution in [1.82, 2.24) is 14.4 Å². The molecule has 0 saturated heterocycles. The first-order chi connectivity index (χ1) is 8.36. The SMILES string of the molecule is CNc1cn2ccnc2c(SC2CCCC2)n1. The van der Waals surface area contributed by atoms with Gasteiger partial charge in [-0.15, -0.1) is 0 Å². The average molecular weight is 248 g/mol. The Morgan fingerprint density at radius 2 is 2.24 bits per heavy atom. The summed E-state index contributed by atoms with van der Waals surface area (Å²) >= 11 is 1.88. The summed E-state index contributed by atoms with van der Waals surface area (Å²) in [5.74, 6) is 0.899. The molecule has 0 radical (unpaired) electrons. The first kappa shape index (κ1) is 10.9. The molecule has 0 amide bonds. The third kappa shape index (κ3) is 2.11. The highest BCUT2D eigenvalue weighted by Gasteiger charge is 2.19. The van der Waals surface area contributed by atoms with Crippen LogP contribution in [0.3, 0.4) is 0 Å². The van der Waals surface area contributed by atoms with Crippen molar-refractivity contribution in [3.05, 3.63) is 18.6 Å². The highest BCUT2D eigenvalue weighted by atomic mass is 32.2. The van der Waals surface area contributed by atoms with Crippen LogP contribution < -0.4 is 5.32 Å². The molecule has 3 rings (SSSR count). The molecule has 2 aromatic rings. The van der Waals surface area contributed by atoms with Gasteiger partial charge in [-0.1, -0.05) is 24.6 Å². The van der Waals surface area contributed by atoms with Crippen LogP contribution >= 0.6 is 11.8 Å². The molecule has 0 aromatic carbocycles. The van der Waals surface area contributed by atoms with E-state index in [2.05, 4.69) is 15.3 Å². The molecule has 2 heterocycles. The van der Waals surface area contributed by atoms with Gasteiger partial charge in [-0.3, -0.25) is 0 Å². The van der Waals surface area contributed by atoms with Crippen molar-refractivity contribution in [2.75, 3.05) is 12.4 Å². The molecule has 1 aliphatic carbocycles. The zero-order chi connectivity index (χ0) is 11.7. The number of thioether (sulfide) groups is 1. The lowest BCUT2D eigenvalue weighted by Crippen LogP contribution is -2.01. The molecule has 1 saturated carbocycles. The summed E-state index contributed by atoms with van der Waals surface area (Å²) in [6.45, 7) is 0. The van der Waals surface area contributed by atoms with Gasteiger partial charge < -0.3 is 9.72 Å². The van der Waals surface area contributed by atoms with Crippen LogP contribution in [-0.2, 0) is 0 Å². The topological polar surface area (TPSA) is 42.2 Å². The van der Waals surface area contributed by atoms with Gasteiger partial charge >= 0.3 is 0 Å². The number of nitrogens with zero attached hydrogens (tertiary/aromatic N) is 3. The molecule has 0 atom stereocenters. The molecular formula is C12H16N4S. The largest absolute Gasteiger partial charge is 0.372 e. The summed E-state index contributed by atoms with van der Waals surface area (Å²) in [6.07, 6.45) is 11.1. The maximum Gasteiger partial charge on any atom is 0.169 e. The van der Waals surface area contributed by atoms with Crippen LogP contribution in [0, 0.1) is 0 Å². The van der Waals surface area contributed by atoms with Crippen molar-refractivity contribution in [2.24, 2.45) is 0 Å². The molecule has 4 nitrogen and oxygen atoms in total. The average Bonchev–Trinajstić information content (AvgIpc) is 2.98. The van der Waals surface area contributed by atoms with Gasteiger partial charge in [0.15, 0.2) is 5.65 Å². The van der Waals surface area contributed by atoms with Crippen LogP contribution in [0.25, 0.3) is 5.65 Å². The Morgan fingerprint density at radius 3 is 3.00 bits per heavy atom. The Hall–Kier alpha value is -1.23. The highest BCUT2D eigenvalue weighted by molar-refractivity contribution is 8.00. The summed E-state index contributed by atoms with van der Waals surface area (Å²) in [7, 11) is 1.90. The van der Waals surface area contributed by atoms with Crippen LogP contribution in [0.2, 0.25) is 0 Å². The number of aromatic nitrogens is 3. The smallest absolute Gasteiger partial charge is 0.169 e. The Kier molecular flexibility index (Phi) is 2.93. The third-order valence-corrected chi connectivity index (χ3v) is 4.48. The Labute approximate surface area is 105 Å². The predicted molar refractivity (Wildman–Crippen MR) is 70.6 cm³/mol. The Morgan fingerprint density at radius 1 is 1.41 bits per heavy atom. The van der Waals surface area contributed by atoms with Crippen molar-refractivity contribution in [1.29, 1.82) is 0 Å². The van der Waals surface area contributed by atoms with Crippen molar-refractivity contribution < 1.29 is 0 Å². The molecule has 0 bridgehead atoms. The maximum atomic E-state index is 4.62. The standard InChI is InChI=1S/C12H16N4S/c1-13-10-8-16-7-6-14-11(16)12(15-10)17-9-4-2-3-5-9/h6-9,13H,2-5H2,1H3. The first-order valence-electron chi connectivity index (χ1n) is 6.05. The Balaban J connectivity index is 1.97. The molecule has 0 aliphatic heterocycles. The van der Waals surface area contributed by atoms with Crippen LogP contribution in [0.1, 0.15) is 25.7 Å². The molecule has 0 spiro atoms. The number of hydrogen-bond acceptors (Lipinski definition) is 4. The van der Waals surface area contributed by atoms with Crippen LogP contribution in [-0.4, -0.2) is 26.7 Å². The molecule has 1 fully saturated rings. The van der Waals surface area contributed by atoms with Crippen LogP contribution in [0.15, 0.2) is 23.6 Å². The van der Waals surface area contributed by atoms with E-state index in [9.17, 15) is 0 Å². The minimum atomic E-state index is 0.718. The molecular weight excluding hydrogens is 232 g/mol. The van der Waals surface area contributed by atoms with Gasteiger partial charge in [-0.2, -0.15) is 0 Å². The molecule has 1 N–H and O–H groups in total. The van der Waals surface area contributed by atoms with E-state index in [-0.39, 0.29) is 0 Å². The van der Waals surface area contributed by atoms with E-state index >= 15 is 0 Å². The highest BCUT2D eigenvalue weighted by Crippen LogP contribution is 2.35. The minimum Gasteiger partial charge on any atom is -0.372 e. The first-order valence-corrected chi connectivity index (χ1v) is 6.93. The normalized spacial score (nSPS) is 16.8. The fraction of sp³-hybridized carbons (Fsp3) is 0.500. The molecule has 5 heteroatoms. The zero-order valence-corrected chi connectivity index (χ0v) is 10.7. The van der Waals surface area contributed by atoms with Gasteiger partial charge in [0, 0.05) is 24.7 Å². The predicted octanol–water partition coefficient (Wildman–Crippen LogP) is 2.81. The van der Waals surface area contributed by atoms with Gasteiger partial charge in [-0.25, -0.2) is 9.97 Å². The lowest BCUT2D eigenvalue weighted by Gasteiger charge is -2.10. The fourth-order valence-electron chi connectivity index (χ4n) is 2.27. The summed E-state index contributed by atoms with van der Waals surface area (Å²) < 4.78 is 2.04. The van der Waals surface area contributed by atoms with Crippen LogP contribution in [0.5, 0.6) is 0 Å². The number of imidazole rings is 1. The van der Waals surface area contributed by atoms with Gasteiger partial charge in [0.2, 0.25) is 0 Å². The Bertz CT molecular complexity index is 516. The van der Waals surface area contributed by atoms with E-state index in [1.807, 2.05) is 41.8 Å². The van der Waals surface area contributed by atoms with E-state index in [0.29, 0.717) is 0 Å². The summed E-state index contributed by atoms with van der Waals surface area (Å²) in [6, 6.07) is 0. The van der Waals surface area contributed by atoms with Gasteiger partial charge in [0.25, 0.3) is 0 Å². The van der Waals surface area contributed by atoms with E-state index < -0.39 is 0 Å². The number of nitrogens with one attached hydrogen (secondary N) is 1. The van der Waals surface area contributed by atoms with Gasteiger partial charge in [-0.05, 0) is 12.8 Å². The summed E-state index contributed by atoms with van der Waals surface area (Å²) in [5.41, 5.74) is 0.973. The molecule has 0 unspecified atom stereocenters. The van der Waals surface area contributed by atoms with Crippen molar-refractivity contribution in [3.63, 3.8) is 0 Å². The van der Waals surface area contributed by atoms with Crippen molar-refractivity contribution in [3.8, 4) is 0 Å². The van der Waals surface area contributed by atoms with Crippen molar-refractivity contribution in [2.45, 2.75) is 36.0 Å². The van der Waals surface area contributed by atoms with Gasteiger partial charge in [0.05, 0.1) is 6.20 Å². The number of anilines is 1. The second-order valence-electron chi connectivity index (χ2n) is 4.36. The fourth-order valence-corrected chi connectivity index (χ4v) is 3.57. The lowest BCUT2D eigenvalue weighted by molar-refractivity contribution is 0.886. The summed E-state index contributed by atoms with van der Waals surface area (Å²) in [4.78, 5) is 9.01. The quantitative estimate of drug-likeness (QED) is 0.907. The molecule has 90 valence electrons. The molecule has 17 heavy (non-hydrogen) atoms. The minimum absolute atomic E-state index is 0.718. The van der Waals surface area contributed by atoms with Crippen molar-refractivity contribution >= 4 is 23.2 Å². The van der Waals surface area contributed by atoms with E-state index in [1.165, 1.54) is 25.7 Å². The lowest BCUT2D eigenvalue weighted by atomic mass is 10.4. The van der Waals surface area contributed by atoms with E-state index in [1.54, 1.807) is 0 Å². The number of hydrogen-bond donors (Lipinski definition) is 1. The monoisotopic (exact) mass is 248 g/mol. The zero-order valence-electron chi connectivity index (χ0n) is 9.89. The number of rotatable bonds is 3. The molecule has 2 aromatic heterocycles. The van der Waals surface area contributed by atoms with Gasteiger partial charge in [0.1, 0.15) is 10.8 Å². The summed E-state index contributed by atoms with van der Waals surface area (Å²) in [5, 5.41) is 4.87. The third-order valence-electron chi connectivity index (χ3n) is 3.18. The second kappa shape index (κ2) is 4.56. The van der Waals surface area contributed by atoms with E-state index in [4.69, 9.17) is 0 Å². The number of fused-ring (bicyclic) bond motifs is 1. The van der Waals surface area contributed by atoms with E-state index in [0.717, 1.165) is 21.7 Å². The molecule has 1 aliphatic rings. The van der Waals surface area contributed by atoms with Crippen LogP contribution in [0.4, 0.5) is 5.82 Å². The second-order valence-corrected chi connectivity index (χ2v) is 5.65.